The fourth-order valence-electron chi connectivity index (χ4n) is 2.86. The molecular weight excluding hydrogens is 228 g/mol. The number of allylic oxidation sites excluding steroid dienone is 1. The summed E-state index contributed by atoms with van der Waals surface area (Å²) in [4.78, 5) is 0. The van der Waals surface area contributed by atoms with E-state index in [9.17, 15) is 0 Å². The van der Waals surface area contributed by atoms with Crippen molar-refractivity contribution in [2.45, 2.75) is 58.3 Å². The zero-order valence-electron chi connectivity index (χ0n) is 11.2. The highest BCUT2D eigenvalue weighted by Gasteiger charge is 2.30. The van der Waals surface area contributed by atoms with Crippen molar-refractivity contribution in [2.75, 3.05) is 18.1 Å². The summed E-state index contributed by atoms with van der Waals surface area (Å²) in [6.45, 7) is 3.28. The number of hydrogen-bond acceptors (Lipinski definition) is 2. The van der Waals surface area contributed by atoms with Crippen LogP contribution in [-0.2, 0) is 4.74 Å². The fourth-order valence-corrected chi connectivity index (χ4v) is 4.22. The summed E-state index contributed by atoms with van der Waals surface area (Å²) in [5.74, 6) is 2.65. The van der Waals surface area contributed by atoms with Crippen LogP contribution in [0.15, 0.2) is 11.8 Å². The van der Waals surface area contributed by atoms with E-state index >= 15 is 0 Å². The van der Waals surface area contributed by atoms with Crippen LogP contribution in [0.5, 0.6) is 0 Å². The second-order valence-electron chi connectivity index (χ2n) is 5.61. The lowest BCUT2D eigenvalue weighted by Gasteiger charge is -2.35. The number of hydrogen-bond donors (Lipinski definition) is 0. The Morgan fingerprint density at radius 3 is 2.53 bits per heavy atom. The van der Waals surface area contributed by atoms with Gasteiger partial charge in [0.2, 0.25) is 0 Å². The Bertz CT molecular complexity index is 246. The predicted octanol–water partition coefficient (Wildman–Crippen LogP) is 4.77. The van der Waals surface area contributed by atoms with Crippen LogP contribution in [-0.4, -0.2) is 18.1 Å². The summed E-state index contributed by atoms with van der Waals surface area (Å²) in [7, 11) is 0. The van der Waals surface area contributed by atoms with Crippen LogP contribution in [0.4, 0.5) is 0 Å². The first-order valence-corrected chi connectivity index (χ1v) is 8.37. The molecule has 0 aromatic carbocycles. The Hall–Kier alpha value is -0.110. The molecule has 0 amide bonds. The van der Waals surface area contributed by atoms with Crippen molar-refractivity contribution >= 4 is 11.8 Å². The summed E-state index contributed by atoms with van der Waals surface area (Å²) in [5.41, 5.74) is 2.03. The zero-order chi connectivity index (χ0) is 12.0. The number of ether oxygens (including phenoxy) is 1. The third-order valence-corrected chi connectivity index (χ3v) is 5.42. The van der Waals surface area contributed by atoms with Gasteiger partial charge in [0.15, 0.2) is 0 Å². The van der Waals surface area contributed by atoms with Gasteiger partial charge < -0.3 is 4.74 Å². The second kappa shape index (κ2) is 6.72. The van der Waals surface area contributed by atoms with Gasteiger partial charge >= 0.3 is 0 Å². The van der Waals surface area contributed by atoms with Gasteiger partial charge in [-0.2, -0.15) is 11.8 Å². The van der Waals surface area contributed by atoms with Crippen molar-refractivity contribution < 1.29 is 4.74 Å². The van der Waals surface area contributed by atoms with Crippen LogP contribution >= 0.6 is 11.8 Å². The van der Waals surface area contributed by atoms with Crippen LogP contribution in [0.25, 0.3) is 0 Å². The summed E-state index contributed by atoms with van der Waals surface area (Å²) < 4.78 is 5.94. The molecule has 17 heavy (non-hydrogen) atoms. The highest BCUT2D eigenvalue weighted by molar-refractivity contribution is 7.99. The summed E-state index contributed by atoms with van der Waals surface area (Å²) in [5, 5.41) is 0. The largest absolute Gasteiger partial charge is 0.501 e. The molecule has 1 saturated heterocycles. The van der Waals surface area contributed by atoms with Crippen molar-refractivity contribution in [1.29, 1.82) is 0 Å². The SMILES string of the molecule is CCC1(COC=C2CCCCC2)CCSCC1. The van der Waals surface area contributed by atoms with Gasteiger partial charge in [0.05, 0.1) is 12.9 Å². The molecule has 1 nitrogen and oxygen atoms in total. The fraction of sp³-hybridized carbons (Fsp3) is 0.867. The molecule has 1 heterocycles. The molecule has 0 atom stereocenters. The molecule has 0 radical (unpaired) electrons. The Kier molecular flexibility index (Phi) is 5.27. The average Bonchev–Trinajstić information content (AvgIpc) is 2.41. The maximum atomic E-state index is 5.94. The minimum Gasteiger partial charge on any atom is -0.501 e. The van der Waals surface area contributed by atoms with Crippen molar-refractivity contribution in [3.63, 3.8) is 0 Å². The Morgan fingerprint density at radius 1 is 1.18 bits per heavy atom. The topological polar surface area (TPSA) is 9.23 Å². The molecule has 0 bridgehead atoms. The van der Waals surface area contributed by atoms with E-state index in [0.29, 0.717) is 5.41 Å². The summed E-state index contributed by atoms with van der Waals surface area (Å²) >= 11 is 2.10. The van der Waals surface area contributed by atoms with Crippen LogP contribution < -0.4 is 0 Å². The highest BCUT2D eigenvalue weighted by atomic mass is 32.2. The molecule has 0 aromatic heterocycles. The molecule has 2 rings (SSSR count). The molecule has 0 aromatic rings. The molecule has 1 saturated carbocycles. The van der Waals surface area contributed by atoms with E-state index < -0.39 is 0 Å². The van der Waals surface area contributed by atoms with Crippen LogP contribution in [0, 0.1) is 5.41 Å². The Morgan fingerprint density at radius 2 is 1.88 bits per heavy atom. The van der Waals surface area contributed by atoms with E-state index in [0.717, 1.165) is 6.61 Å². The lowest BCUT2D eigenvalue weighted by Crippen LogP contribution is -2.30. The molecule has 1 aliphatic carbocycles. The first-order valence-electron chi connectivity index (χ1n) is 7.22. The quantitative estimate of drug-likeness (QED) is 0.668. The predicted molar refractivity (Wildman–Crippen MR) is 76.4 cm³/mol. The van der Waals surface area contributed by atoms with Gasteiger partial charge in [-0.15, -0.1) is 0 Å². The van der Waals surface area contributed by atoms with Crippen molar-refractivity contribution in [2.24, 2.45) is 5.41 Å². The normalized spacial score (nSPS) is 24.4. The van der Waals surface area contributed by atoms with Gasteiger partial charge in [-0.25, -0.2) is 0 Å². The third-order valence-electron chi connectivity index (χ3n) is 4.44. The standard InChI is InChI=1S/C15H26OS/c1-2-15(8-10-17-11-9-15)13-16-12-14-6-4-3-5-7-14/h12H,2-11,13H2,1H3. The Balaban J connectivity index is 1.78. The summed E-state index contributed by atoms with van der Waals surface area (Å²) in [6, 6.07) is 0. The van der Waals surface area contributed by atoms with Gasteiger partial charge in [0.25, 0.3) is 0 Å². The number of rotatable bonds is 4. The lowest BCUT2D eigenvalue weighted by molar-refractivity contribution is 0.0925. The molecule has 98 valence electrons. The van der Waals surface area contributed by atoms with Gasteiger partial charge in [-0.05, 0) is 62.0 Å². The van der Waals surface area contributed by atoms with E-state index in [1.807, 2.05) is 0 Å². The minimum atomic E-state index is 0.483. The van der Waals surface area contributed by atoms with E-state index in [1.165, 1.54) is 62.9 Å². The maximum Gasteiger partial charge on any atom is 0.0929 e. The van der Waals surface area contributed by atoms with E-state index in [2.05, 4.69) is 24.9 Å². The molecule has 0 unspecified atom stereocenters. The second-order valence-corrected chi connectivity index (χ2v) is 6.84. The third kappa shape index (κ3) is 3.94. The van der Waals surface area contributed by atoms with E-state index in [4.69, 9.17) is 4.74 Å². The van der Waals surface area contributed by atoms with Gasteiger partial charge in [-0.1, -0.05) is 13.3 Å². The van der Waals surface area contributed by atoms with E-state index in [1.54, 1.807) is 5.57 Å². The minimum absolute atomic E-state index is 0.483. The average molecular weight is 254 g/mol. The molecule has 0 N–H and O–H groups in total. The van der Waals surface area contributed by atoms with Gasteiger partial charge in [0.1, 0.15) is 0 Å². The van der Waals surface area contributed by atoms with Crippen molar-refractivity contribution in [3.05, 3.63) is 11.8 Å². The van der Waals surface area contributed by atoms with Crippen LogP contribution in [0.3, 0.4) is 0 Å². The smallest absolute Gasteiger partial charge is 0.0929 e. The zero-order valence-corrected chi connectivity index (χ0v) is 12.0. The van der Waals surface area contributed by atoms with Crippen LogP contribution in [0.2, 0.25) is 0 Å². The van der Waals surface area contributed by atoms with Crippen LogP contribution in [0.1, 0.15) is 58.3 Å². The molecule has 2 fully saturated rings. The van der Waals surface area contributed by atoms with Gasteiger partial charge in [0, 0.05) is 5.41 Å². The Labute approximate surface area is 110 Å². The maximum absolute atomic E-state index is 5.94. The first-order chi connectivity index (χ1) is 8.35. The highest BCUT2D eigenvalue weighted by Crippen LogP contribution is 2.38. The molecular formula is C15H26OS. The molecule has 2 aliphatic rings. The molecule has 0 spiro atoms. The lowest BCUT2D eigenvalue weighted by atomic mass is 9.80. The molecule has 1 aliphatic heterocycles. The number of thioether (sulfide) groups is 1. The monoisotopic (exact) mass is 254 g/mol. The van der Waals surface area contributed by atoms with E-state index in [-0.39, 0.29) is 0 Å². The van der Waals surface area contributed by atoms with Crippen molar-refractivity contribution in [1.82, 2.24) is 0 Å². The summed E-state index contributed by atoms with van der Waals surface area (Å²) in [6.07, 6.45) is 12.7. The van der Waals surface area contributed by atoms with Crippen molar-refractivity contribution in [3.8, 4) is 0 Å². The molecule has 2 heteroatoms. The van der Waals surface area contributed by atoms with Gasteiger partial charge in [-0.3, -0.25) is 0 Å². The first kappa shape index (κ1) is 13.3.